The van der Waals surface area contributed by atoms with Crippen LogP contribution < -0.4 is 4.74 Å². The smallest absolute Gasteiger partial charge is 0.337 e. The average Bonchev–Trinajstić information content (AvgIpc) is 2.96. The first-order chi connectivity index (χ1) is 19.9. The Bertz CT molecular complexity index is 1270. The number of benzene rings is 3. The molecule has 3 rings (SSSR count). The van der Waals surface area contributed by atoms with Crippen LogP contribution in [0.3, 0.4) is 0 Å². The van der Waals surface area contributed by atoms with Crippen molar-refractivity contribution in [2.45, 2.75) is 78.7 Å². The third-order valence-corrected chi connectivity index (χ3v) is 7.30. The van der Waals surface area contributed by atoms with Gasteiger partial charge in [-0.25, -0.2) is 4.79 Å². The maximum absolute atomic E-state index is 12.3. The van der Waals surface area contributed by atoms with Gasteiger partial charge in [-0.3, -0.25) is 9.69 Å². The topological polar surface area (TPSA) is 107 Å². The zero-order chi connectivity index (χ0) is 31.4. The standard InChI is InChI=1S/C26H37NO3.C8H7ClO3/c1-18(2)26(29)30-25-13-12-21(17-28)16-24(25)23(22-10-8-7-9-11-22)14-15-27(19(3)4)20(5)6;9-6-4-2-1-3-5(6)7(10)8(11)12/h7-13,16,18-20,23,28H,14-15,17H2,1-6H3;1-4,7,10H,(H,11,12)/t23-;/m1./s1. The summed E-state index contributed by atoms with van der Waals surface area (Å²) in [6.07, 6.45) is -0.653. The van der Waals surface area contributed by atoms with Crippen molar-refractivity contribution in [3.8, 4) is 5.75 Å². The molecule has 0 saturated carbocycles. The van der Waals surface area contributed by atoms with Crippen molar-refractivity contribution in [3.63, 3.8) is 0 Å². The SMILES string of the molecule is CC(C)C(=O)Oc1ccc(CO)cc1[C@H](CCN(C(C)C)C(C)C)c1ccccc1.O=C(O)C(O)c1ccccc1Cl. The van der Waals surface area contributed by atoms with Gasteiger partial charge in [-0.1, -0.05) is 80.0 Å². The van der Waals surface area contributed by atoms with Crippen LogP contribution in [-0.4, -0.2) is 50.8 Å². The Labute approximate surface area is 254 Å². The number of aliphatic hydroxyl groups is 2. The fourth-order valence-corrected chi connectivity index (χ4v) is 4.93. The molecular weight excluding hydrogens is 554 g/mol. The molecule has 0 aliphatic heterocycles. The second-order valence-corrected chi connectivity index (χ2v) is 11.5. The van der Waals surface area contributed by atoms with Crippen molar-refractivity contribution in [1.29, 1.82) is 0 Å². The van der Waals surface area contributed by atoms with Crippen molar-refractivity contribution in [1.82, 2.24) is 4.90 Å². The normalized spacial score (nSPS) is 12.7. The molecule has 0 aliphatic carbocycles. The van der Waals surface area contributed by atoms with E-state index in [0.29, 0.717) is 17.8 Å². The van der Waals surface area contributed by atoms with Crippen LogP contribution in [0.5, 0.6) is 5.75 Å². The van der Waals surface area contributed by atoms with Gasteiger partial charge >= 0.3 is 11.9 Å². The summed E-state index contributed by atoms with van der Waals surface area (Å²) in [6.45, 7) is 13.4. The molecule has 2 atom stereocenters. The largest absolute Gasteiger partial charge is 0.479 e. The van der Waals surface area contributed by atoms with Crippen LogP contribution in [0.15, 0.2) is 72.8 Å². The molecule has 3 aromatic rings. The highest BCUT2D eigenvalue weighted by Gasteiger charge is 2.24. The first-order valence-electron chi connectivity index (χ1n) is 14.3. The number of carboxylic acids is 1. The van der Waals surface area contributed by atoms with Gasteiger partial charge in [0, 0.05) is 34.2 Å². The van der Waals surface area contributed by atoms with Crippen LogP contribution in [0.2, 0.25) is 5.02 Å². The third kappa shape index (κ3) is 10.2. The summed E-state index contributed by atoms with van der Waals surface area (Å²) in [7, 11) is 0. The highest BCUT2D eigenvalue weighted by Crippen LogP contribution is 2.36. The monoisotopic (exact) mass is 597 g/mol. The zero-order valence-corrected chi connectivity index (χ0v) is 26.1. The molecule has 0 spiro atoms. The maximum Gasteiger partial charge on any atom is 0.337 e. The van der Waals surface area contributed by atoms with E-state index < -0.39 is 12.1 Å². The van der Waals surface area contributed by atoms with Crippen molar-refractivity contribution in [3.05, 3.63) is 100 Å². The molecule has 42 heavy (non-hydrogen) atoms. The van der Waals surface area contributed by atoms with E-state index in [1.54, 1.807) is 12.1 Å². The Morgan fingerprint density at radius 3 is 1.98 bits per heavy atom. The Morgan fingerprint density at radius 2 is 1.45 bits per heavy atom. The Hall–Kier alpha value is -3.23. The lowest BCUT2D eigenvalue weighted by Crippen LogP contribution is -2.38. The lowest BCUT2D eigenvalue weighted by Gasteiger charge is -2.32. The summed E-state index contributed by atoms with van der Waals surface area (Å²) in [5, 5.41) is 27.5. The minimum atomic E-state index is -1.54. The average molecular weight is 598 g/mol. The van der Waals surface area contributed by atoms with E-state index in [4.69, 9.17) is 26.6 Å². The summed E-state index contributed by atoms with van der Waals surface area (Å²) in [5.41, 5.74) is 3.17. The van der Waals surface area contributed by atoms with E-state index >= 15 is 0 Å². The minimum Gasteiger partial charge on any atom is -0.479 e. The Morgan fingerprint density at radius 1 is 0.857 bits per heavy atom. The molecule has 0 fully saturated rings. The van der Waals surface area contributed by atoms with Gasteiger partial charge in [0.2, 0.25) is 0 Å². The van der Waals surface area contributed by atoms with Crippen LogP contribution in [0.4, 0.5) is 0 Å². The number of nitrogens with zero attached hydrogens (tertiary/aromatic N) is 1. The molecule has 0 aliphatic rings. The molecule has 0 radical (unpaired) electrons. The number of carbonyl (C=O) groups excluding carboxylic acids is 1. The van der Waals surface area contributed by atoms with Gasteiger partial charge in [-0.15, -0.1) is 0 Å². The number of ether oxygens (including phenoxy) is 1. The molecule has 0 aromatic heterocycles. The lowest BCUT2D eigenvalue weighted by atomic mass is 9.86. The van der Waals surface area contributed by atoms with Crippen LogP contribution in [-0.2, 0) is 16.2 Å². The van der Waals surface area contributed by atoms with E-state index in [-0.39, 0.29) is 35.0 Å². The number of carbonyl (C=O) groups is 2. The third-order valence-electron chi connectivity index (χ3n) is 6.95. The summed E-state index contributed by atoms with van der Waals surface area (Å²) < 4.78 is 5.78. The van der Waals surface area contributed by atoms with Crippen molar-refractivity contribution in [2.24, 2.45) is 5.92 Å². The predicted octanol–water partition coefficient (Wildman–Crippen LogP) is 6.84. The molecule has 0 bridgehead atoms. The molecule has 7 nitrogen and oxygen atoms in total. The van der Waals surface area contributed by atoms with E-state index in [2.05, 4.69) is 44.7 Å². The van der Waals surface area contributed by atoms with Crippen LogP contribution >= 0.6 is 11.6 Å². The highest BCUT2D eigenvalue weighted by molar-refractivity contribution is 6.31. The number of rotatable bonds is 12. The van der Waals surface area contributed by atoms with Gasteiger partial charge in [-0.05, 0) is 70.0 Å². The fourth-order valence-electron chi connectivity index (χ4n) is 4.70. The number of hydrogen-bond donors (Lipinski definition) is 3. The van der Waals surface area contributed by atoms with Crippen molar-refractivity contribution < 1.29 is 29.6 Å². The second-order valence-electron chi connectivity index (χ2n) is 11.0. The van der Waals surface area contributed by atoms with Gasteiger partial charge in [0.1, 0.15) is 5.75 Å². The molecule has 0 amide bonds. The first kappa shape index (κ1) is 35.0. The molecule has 228 valence electrons. The minimum absolute atomic E-state index is 0.0446. The first-order valence-corrected chi connectivity index (χ1v) is 14.7. The molecule has 0 heterocycles. The van der Waals surface area contributed by atoms with Gasteiger partial charge < -0.3 is 20.1 Å². The molecule has 8 heteroatoms. The van der Waals surface area contributed by atoms with Crippen LogP contribution in [0.1, 0.15) is 82.2 Å². The zero-order valence-electron chi connectivity index (χ0n) is 25.3. The molecule has 3 N–H and O–H groups in total. The Balaban J connectivity index is 0.000000428. The van der Waals surface area contributed by atoms with Crippen LogP contribution in [0.25, 0.3) is 0 Å². The summed E-state index contributed by atoms with van der Waals surface area (Å²) in [5.74, 6) is -1.11. The van der Waals surface area contributed by atoms with E-state index in [9.17, 15) is 14.7 Å². The van der Waals surface area contributed by atoms with Gasteiger partial charge in [0.15, 0.2) is 6.10 Å². The quantitative estimate of drug-likeness (QED) is 0.155. The van der Waals surface area contributed by atoms with Gasteiger partial charge in [-0.2, -0.15) is 0 Å². The Kier molecular flexibility index (Phi) is 14.2. The lowest BCUT2D eigenvalue weighted by molar-refractivity contribution is -0.147. The number of hydrogen-bond acceptors (Lipinski definition) is 6. The summed E-state index contributed by atoms with van der Waals surface area (Å²) in [6, 6.07) is 23.2. The number of esters is 1. The second kappa shape index (κ2) is 17.0. The van der Waals surface area contributed by atoms with Crippen molar-refractivity contribution >= 4 is 23.5 Å². The van der Waals surface area contributed by atoms with Crippen molar-refractivity contribution in [2.75, 3.05) is 6.54 Å². The fraction of sp³-hybridized carbons (Fsp3) is 0.412. The molecule has 1 unspecified atom stereocenters. The highest BCUT2D eigenvalue weighted by atomic mass is 35.5. The number of aliphatic hydroxyl groups excluding tert-OH is 2. The molecule has 0 saturated heterocycles. The van der Waals surface area contributed by atoms with E-state index in [1.165, 1.54) is 17.7 Å². The summed E-state index contributed by atoms with van der Waals surface area (Å²) >= 11 is 5.64. The predicted molar refractivity (Wildman–Crippen MR) is 167 cm³/mol. The summed E-state index contributed by atoms with van der Waals surface area (Å²) in [4.78, 5) is 25.2. The molecular formula is C34H44ClNO6. The maximum atomic E-state index is 12.3. The van der Waals surface area contributed by atoms with E-state index in [0.717, 1.165) is 24.1 Å². The molecule has 3 aromatic carbocycles. The van der Waals surface area contributed by atoms with Crippen LogP contribution in [0, 0.1) is 5.92 Å². The van der Waals surface area contributed by atoms with Gasteiger partial charge in [0.25, 0.3) is 0 Å². The number of carboxylic acid groups (broad SMARTS) is 1. The number of aliphatic carboxylic acids is 1. The number of halogens is 1. The van der Waals surface area contributed by atoms with E-state index in [1.807, 2.05) is 50.2 Å². The van der Waals surface area contributed by atoms with Gasteiger partial charge in [0.05, 0.1) is 12.5 Å².